The highest BCUT2D eigenvalue weighted by molar-refractivity contribution is 7.26. The summed E-state index contributed by atoms with van der Waals surface area (Å²) in [6, 6.07) is 82.7. The molecule has 3 aliphatic carbocycles. The Balaban J connectivity index is 0.858. The zero-order chi connectivity index (χ0) is 47.6. The van der Waals surface area contributed by atoms with Gasteiger partial charge in [-0.15, -0.1) is 11.3 Å². The summed E-state index contributed by atoms with van der Waals surface area (Å²) in [5.74, 6) is 0.378. The Kier molecular flexibility index (Phi) is 9.42. The molecule has 71 heavy (non-hydrogen) atoms. The topological polar surface area (TPSA) is 3.24 Å². The molecule has 0 saturated heterocycles. The third kappa shape index (κ3) is 6.58. The summed E-state index contributed by atoms with van der Waals surface area (Å²) in [5, 5.41) is 2.70. The number of nitrogens with zero attached hydrogens (tertiary/aromatic N) is 1. The van der Waals surface area contributed by atoms with Gasteiger partial charge in [0.1, 0.15) is 0 Å². The van der Waals surface area contributed by atoms with E-state index in [2.05, 4.69) is 251 Å². The maximum Gasteiger partial charge on any atom is 0.0465 e. The molecule has 1 unspecified atom stereocenters. The molecule has 2 heteroatoms. The van der Waals surface area contributed by atoms with E-state index in [0.29, 0.717) is 5.92 Å². The van der Waals surface area contributed by atoms with Crippen molar-refractivity contribution >= 4 is 48.6 Å². The number of hydrogen-bond acceptors (Lipinski definition) is 2. The Morgan fingerprint density at radius 1 is 0.423 bits per heavy atom. The zero-order valence-corrected chi connectivity index (χ0v) is 41.4. The van der Waals surface area contributed by atoms with Crippen LogP contribution in [0.5, 0.6) is 0 Å². The van der Waals surface area contributed by atoms with Crippen LogP contribution in [0.15, 0.2) is 218 Å². The zero-order valence-electron chi connectivity index (χ0n) is 40.6. The van der Waals surface area contributed by atoms with E-state index in [4.69, 9.17) is 0 Å². The molecule has 0 amide bonds. The van der Waals surface area contributed by atoms with Crippen molar-refractivity contribution in [2.24, 2.45) is 0 Å². The van der Waals surface area contributed by atoms with E-state index in [0.717, 1.165) is 18.5 Å². The fourth-order valence-corrected chi connectivity index (χ4v) is 14.1. The average molecular weight is 928 g/mol. The van der Waals surface area contributed by atoms with Gasteiger partial charge in [-0.05, 0) is 156 Å². The normalized spacial score (nSPS) is 15.4. The summed E-state index contributed by atoms with van der Waals surface area (Å²) < 4.78 is 2.75. The first-order valence-corrected chi connectivity index (χ1v) is 26.1. The van der Waals surface area contributed by atoms with E-state index < -0.39 is 0 Å². The van der Waals surface area contributed by atoms with E-state index in [9.17, 15) is 0 Å². The summed E-state index contributed by atoms with van der Waals surface area (Å²) in [5.41, 5.74) is 26.2. The molecule has 10 aromatic carbocycles. The maximum atomic E-state index is 2.50. The summed E-state index contributed by atoms with van der Waals surface area (Å²) in [4.78, 5) is 2.49. The summed E-state index contributed by atoms with van der Waals surface area (Å²) in [7, 11) is 0. The SMILES string of the molecule is CC1(C)c2ccccc2-c2ccc(N(c3ccc(-c4ccc5c(c4)-c4c(ccc6c4sc4ccccc46)C(Cc4ccc(-c6ccccc6)cc4)C5)cc3)c3ccc4c(c3)C(C)(C)c3ccccc3-4)cc21. The number of rotatable bonds is 7. The molecule has 0 fully saturated rings. The lowest BCUT2D eigenvalue weighted by molar-refractivity contribution is 0.660. The Morgan fingerprint density at radius 3 is 1.63 bits per heavy atom. The van der Waals surface area contributed by atoms with Crippen molar-refractivity contribution in [2.75, 3.05) is 4.90 Å². The third-order valence-corrected chi connectivity index (χ3v) is 17.7. The molecule has 1 aromatic heterocycles. The average Bonchev–Trinajstić information content (AvgIpc) is 3.99. The highest BCUT2D eigenvalue weighted by Crippen LogP contribution is 2.54. The lowest BCUT2D eigenvalue weighted by Gasteiger charge is -2.30. The van der Waals surface area contributed by atoms with Crippen LogP contribution in [0.1, 0.15) is 72.6 Å². The first-order valence-electron chi connectivity index (χ1n) is 25.3. The molecule has 14 rings (SSSR count). The van der Waals surface area contributed by atoms with Crippen LogP contribution in [-0.2, 0) is 23.7 Å². The van der Waals surface area contributed by atoms with Crippen molar-refractivity contribution in [3.05, 3.63) is 257 Å². The first kappa shape index (κ1) is 42.1. The molecule has 0 saturated carbocycles. The van der Waals surface area contributed by atoms with E-state index in [1.807, 2.05) is 11.3 Å². The summed E-state index contributed by atoms with van der Waals surface area (Å²) in [6.45, 7) is 9.51. The van der Waals surface area contributed by atoms with Crippen LogP contribution >= 0.6 is 11.3 Å². The van der Waals surface area contributed by atoms with Crippen LogP contribution < -0.4 is 4.90 Å². The lowest BCUT2D eigenvalue weighted by Crippen LogP contribution is -2.18. The first-order chi connectivity index (χ1) is 34.7. The highest BCUT2D eigenvalue weighted by Gasteiger charge is 2.38. The van der Waals surface area contributed by atoms with Crippen LogP contribution in [-0.4, -0.2) is 0 Å². The molecular weight excluding hydrogens is 875 g/mol. The molecule has 1 atom stereocenters. The minimum absolute atomic E-state index is 0.111. The van der Waals surface area contributed by atoms with Crippen molar-refractivity contribution in [1.82, 2.24) is 0 Å². The molecule has 0 spiro atoms. The van der Waals surface area contributed by atoms with Gasteiger partial charge >= 0.3 is 0 Å². The Hall–Kier alpha value is -7.78. The van der Waals surface area contributed by atoms with E-state index in [1.54, 1.807) is 0 Å². The molecule has 340 valence electrons. The quantitative estimate of drug-likeness (QED) is 0.154. The number of anilines is 3. The van der Waals surface area contributed by atoms with Gasteiger partial charge in [-0.1, -0.05) is 198 Å². The number of benzene rings is 10. The lowest BCUT2D eigenvalue weighted by atomic mass is 9.75. The van der Waals surface area contributed by atoms with E-state index >= 15 is 0 Å². The van der Waals surface area contributed by atoms with Crippen LogP contribution in [0.25, 0.3) is 75.8 Å². The van der Waals surface area contributed by atoms with Crippen LogP contribution in [0.2, 0.25) is 0 Å². The molecule has 1 heterocycles. The van der Waals surface area contributed by atoms with E-state index in [1.165, 1.54) is 126 Å². The van der Waals surface area contributed by atoms with Gasteiger partial charge in [-0.2, -0.15) is 0 Å². The smallest absolute Gasteiger partial charge is 0.0465 e. The highest BCUT2D eigenvalue weighted by atomic mass is 32.1. The molecule has 0 bridgehead atoms. The van der Waals surface area contributed by atoms with Gasteiger partial charge in [-0.25, -0.2) is 0 Å². The van der Waals surface area contributed by atoms with E-state index in [-0.39, 0.29) is 10.8 Å². The fraction of sp³-hybridized carbons (Fsp3) is 0.130. The van der Waals surface area contributed by atoms with Crippen LogP contribution in [0.3, 0.4) is 0 Å². The van der Waals surface area contributed by atoms with Crippen LogP contribution in [0.4, 0.5) is 17.1 Å². The molecule has 3 aliphatic rings. The van der Waals surface area contributed by atoms with Gasteiger partial charge in [0.15, 0.2) is 0 Å². The molecule has 0 radical (unpaired) electrons. The summed E-state index contributed by atoms with van der Waals surface area (Å²) in [6.07, 6.45) is 2.01. The molecule has 0 aliphatic heterocycles. The van der Waals surface area contributed by atoms with Gasteiger partial charge in [-0.3, -0.25) is 0 Å². The van der Waals surface area contributed by atoms with Gasteiger partial charge in [0.05, 0.1) is 0 Å². The number of fused-ring (bicyclic) bond motifs is 13. The minimum atomic E-state index is -0.111. The van der Waals surface area contributed by atoms with Crippen molar-refractivity contribution in [3.63, 3.8) is 0 Å². The predicted octanol–water partition coefficient (Wildman–Crippen LogP) is 19.0. The maximum absolute atomic E-state index is 2.50. The Morgan fingerprint density at radius 2 is 0.958 bits per heavy atom. The predicted molar refractivity (Wildman–Crippen MR) is 302 cm³/mol. The third-order valence-electron chi connectivity index (χ3n) is 16.5. The van der Waals surface area contributed by atoms with Gasteiger partial charge < -0.3 is 4.90 Å². The van der Waals surface area contributed by atoms with Crippen molar-refractivity contribution in [2.45, 2.75) is 57.3 Å². The van der Waals surface area contributed by atoms with Crippen molar-refractivity contribution in [1.29, 1.82) is 0 Å². The standard InChI is InChI=1S/C69H53NS/c1-68(2)61-19-11-8-16-54(61)56-34-32-51(41-63(56)68)70(52-33-35-57-55-17-9-12-20-62(55)69(3,4)64(57)42-52)50-30-28-46(29-31-50)47-26-27-48-39-49(38-43-22-24-45(25-23-43)44-14-6-5-7-15-44)53-36-37-59-58-18-10-13-21-65(58)71-67(59)66(53)60(48)40-47/h5-37,40-42,49H,38-39H2,1-4H3. The summed E-state index contributed by atoms with van der Waals surface area (Å²) >= 11 is 1.95. The van der Waals surface area contributed by atoms with Crippen molar-refractivity contribution < 1.29 is 0 Å². The Labute approximate surface area is 421 Å². The second kappa shape index (κ2) is 15.9. The van der Waals surface area contributed by atoms with Crippen molar-refractivity contribution in [3.8, 4) is 55.6 Å². The second-order valence-electron chi connectivity index (χ2n) is 21.2. The van der Waals surface area contributed by atoms with Gasteiger partial charge in [0.2, 0.25) is 0 Å². The number of hydrogen-bond donors (Lipinski definition) is 0. The monoisotopic (exact) mass is 927 g/mol. The Bertz CT molecular complexity index is 3820. The molecule has 11 aromatic rings. The largest absolute Gasteiger partial charge is 0.310 e. The molecule has 1 nitrogen and oxygen atoms in total. The molecular formula is C69H53NS. The van der Waals surface area contributed by atoms with Gasteiger partial charge in [0, 0.05) is 53.6 Å². The van der Waals surface area contributed by atoms with Gasteiger partial charge in [0.25, 0.3) is 0 Å². The fourth-order valence-electron chi connectivity index (χ4n) is 12.8. The molecule has 0 N–H and O–H groups in total. The van der Waals surface area contributed by atoms with Crippen LogP contribution in [0, 0.1) is 0 Å². The second-order valence-corrected chi connectivity index (χ2v) is 22.3. The minimum Gasteiger partial charge on any atom is -0.310 e. The number of thiophene rings is 1.